The second kappa shape index (κ2) is 6.04. The van der Waals surface area contributed by atoms with Crippen molar-refractivity contribution in [1.29, 1.82) is 0 Å². The Morgan fingerprint density at radius 1 is 1.30 bits per heavy atom. The van der Waals surface area contributed by atoms with Crippen LogP contribution >= 0.6 is 0 Å². The lowest BCUT2D eigenvalue weighted by molar-refractivity contribution is 0.102. The molecule has 7 heteroatoms. The Balaban J connectivity index is 1.91. The molecule has 0 aliphatic heterocycles. The van der Waals surface area contributed by atoms with E-state index in [1.807, 2.05) is 0 Å². The molecule has 0 fully saturated rings. The summed E-state index contributed by atoms with van der Waals surface area (Å²) in [4.78, 5) is 29.0. The van der Waals surface area contributed by atoms with Crippen LogP contribution in [-0.2, 0) is 6.54 Å². The summed E-state index contributed by atoms with van der Waals surface area (Å²) < 4.78 is 3.05. The molecule has 0 atom stereocenters. The summed E-state index contributed by atoms with van der Waals surface area (Å²) in [6, 6.07) is 6.91. The Morgan fingerprint density at radius 3 is 2.91 bits per heavy atom. The standard InChI is InChI=1S/C16H17N5O2/c1-11(2)10-21-14(6-7-18-21)19-15(22)12-9-17-13-5-3-4-8-20(13)16(12)23/h3-9,11H,10H2,1-2H3,(H,19,22). The third kappa shape index (κ3) is 2.98. The summed E-state index contributed by atoms with van der Waals surface area (Å²) in [5.41, 5.74) is 0.0907. The molecular weight excluding hydrogens is 294 g/mol. The highest BCUT2D eigenvalue weighted by atomic mass is 16.2. The minimum atomic E-state index is -0.494. The first-order valence-electron chi connectivity index (χ1n) is 7.36. The fourth-order valence-corrected chi connectivity index (χ4v) is 2.30. The van der Waals surface area contributed by atoms with E-state index in [2.05, 4.69) is 29.2 Å². The Labute approximate surface area is 132 Å². The number of pyridine rings is 1. The van der Waals surface area contributed by atoms with E-state index in [0.717, 1.165) is 0 Å². The molecule has 0 saturated heterocycles. The molecule has 118 valence electrons. The Bertz CT molecular complexity index is 910. The smallest absolute Gasteiger partial charge is 0.270 e. The second-order valence-electron chi connectivity index (χ2n) is 5.65. The molecule has 3 aromatic heterocycles. The van der Waals surface area contributed by atoms with Crippen molar-refractivity contribution in [1.82, 2.24) is 19.2 Å². The zero-order valence-corrected chi connectivity index (χ0v) is 12.9. The van der Waals surface area contributed by atoms with Gasteiger partial charge in [0.1, 0.15) is 17.0 Å². The van der Waals surface area contributed by atoms with Crippen molar-refractivity contribution in [2.24, 2.45) is 5.92 Å². The molecule has 0 bridgehead atoms. The van der Waals surface area contributed by atoms with Gasteiger partial charge in [-0.25, -0.2) is 9.67 Å². The zero-order valence-electron chi connectivity index (χ0n) is 12.9. The van der Waals surface area contributed by atoms with Crippen molar-refractivity contribution in [3.8, 4) is 0 Å². The van der Waals surface area contributed by atoms with Crippen LogP contribution in [0.15, 0.2) is 47.7 Å². The van der Waals surface area contributed by atoms with Gasteiger partial charge in [-0.1, -0.05) is 19.9 Å². The van der Waals surface area contributed by atoms with E-state index in [0.29, 0.717) is 23.9 Å². The van der Waals surface area contributed by atoms with Gasteiger partial charge < -0.3 is 5.32 Å². The summed E-state index contributed by atoms with van der Waals surface area (Å²) in [6.07, 6.45) is 4.50. The molecule has 3 heterocycles. The minimum absolute atomic E-state index is 0.00834. The van der Waals surface area contributed by atoms with Crippen LogP contribution in [0.5, 0.6) is 0 Å². The highest BCUT2D eigenvalue weighted by molar-refractivity contribution is 6.03. The highest BCUT2D eigenvalue weighted by Crippen LogP contribution is 2.10. The molecule has 0 radical (unpaired) electrons. The minimum Gasteiger partial charge on any atom is -0.307 e. The molecule has 0 spiro atoms. The van der Waals surface area contributed by atoms with E-state index >= 15 is 0 Å². The first-order valence-corrected chi connectivity index (χ1v) is 7.36. The summed E-state index contributed by atoms with van der Waals surface area (Å²) in [5, 5.41) is 6.90. The van der Waals surface area contributed by atoms with E-state index in [9.17, 15) is 9.59 Å². The predicted octanol–water partition coefficient (Wildman–Crippen LogP) is 1.80. The molecule has 1 amide bonds. The number of hydrogen-bond acceptors (Lipinski definition) is 4. The van der Waals surface area contributed by atoms with Crippen molar-refractivity contribution in [3.63, 3.8) is 0 Å². The Morgan fingerprint density at radius 2 is 2.13 bits per heavy atom. The molecule has 0 aliphatic rings. The summed E-state index contributed by atoms with van der Waals surface area (Å²) in [5.74, 6) is 0.450. The second-order valence-corrected chi connectivity index (χ2v) is 5.65. The van der Waals surface area contributed by atoms with Gasteiger partial charge in [0, 0.05) is 25.0 Å². The van der Waals surface area contributed by atoms with Gasteiger partial charge >= 0.3 is 0 Å². The van der Waals surface area contributed by atoms with Gasteiger partial charge in [0.2, 0.25) is 0 Å². The highest BCUT2D eigenvalue weighted by Gasteiger charge is 2.15. The van der Waals surface area contributed by atoms with Crippen LogP contribution in [0, 0.1) is 5.92 Å². The number of hydrogen-bond donors (Lipinski definition) is 1. The fraction of sp³-hybridized carbons (Fsp3) is 0.250. The molecule has 23 heavy (non-hydrogen) atoms. The maximum absolute atomic E-state index is 12.4. The van der Waals surface area contributed by atoms with E-state index in [-0.39, 0.29) is 5.56 Å². The molecule has 3 aromatic rings. The van der Waals surface area contributed by atoms with Crippen molar-refractivity contribution in [2.45, 2.75) is 20.4 Å². The summed E-state index contributed by atoms with van der Waals surface area (Å²) in [7, 11) is 0. The Kier molecular flexibility index (Phi) is 3.92. The van der Waals surface area contributed by atoms with Crippen LogP contribution in [0.4, 0.5) is 5.82 Å². The van der Waals surface area contributed by atoms with Gasteiger partial charge in [0.15, 0.2) is 0 Å². The van der Waals surface area contributed by atoms with Gasteiger partial charge in [-0.3, -0.25) is 14.0 Å². The van der Waals surface area contributed by atoms with Crippen LogP contribution in [0.2, 0.25) is 0 Å². The fourth-order valence-electron chi connectivity index (χ4n) is 2.30. The number of nitrogens with zero attached hydrogens (tertiary/aromatic N) is 4. The topological polar surface area (TPSA) is 81.3 Å². The van der Waals surface area contributed by atoms with Gasteiger partial charge in [-0.05, 0) is 18.1 Å². The van der Waals surface area contributed by atoms with Gasteiger partial charge in [0.05, 0.1) is 6.20 Å². The number of amides is 1. The molecule has 0 aromatic carbocycles. The molecule has 1 N–H and O–H groups in total. The van der Waals surface area contributed by atoms with Crippen molar-refractivity contribution < 1.29 is 4.79 Å². The molecule has 7 nitrogen and oxygen atoms in total. The first kappa shape index (κ1) is 15.0. The number of nitrogens with one attached hydrogen (secondary N) is 1. The number of fused-ring (bicyclic) bond motifs is 1. The van der Waals surface area contributed by atoms with E-state index < -0.39 is 11.5 Å². The largest absolute Gasteiger partial charge is 0.307 e. The van der Waals surface area contributed by atoms with Crippen molar-refractivity contribution in [2.75, 3.05) is 5.32 Å². The quantitative estimate of drug-likeness (QED) is 0.796. The van der Waals surface area contributed by atoms with E-state index in [1.165, 1.54) is 10.6 Å². The molecule has 3 rings (SSSR count). The Hall–Kier alpha value is -2.96. The maximum Gasteiger partial charge on any atom is 0.270 e. The lowest BCUT2D eigenvalue weighted by atomic mass is 10.2. The van der Waals surface area contributed by atoms with E-state index in [4.69, 9.17) is 0 Å². The van der Waals surface area contributed by atoms with Crippen LogP contribution in [-0.4, -0.2) is 25.1 Å². The van der Waals surface area contributed by atoms with Crippen LogP contribution in [0.25, 0.3) is 5.65 Å². The van der Waals surface area contributed by atoms with E-state index in [1.54, 1.807) is 41.3 Å². The van der Waals surface area contributed by atoms with Crippen LogP contribution < -0.4 is 10.9 Å². The average Bonchev–Trinajstić information content (AvgIpc) is 2.94. The maximum atomic E-state index is 12.4. The van der Waals surface area contributed by atoms with Gasteiger partial charge in [0.25, 0.3) is 11.5 Å². The lowest BCUT2D eigenvalue weighted by Gasteiger charge is -2.10. The molecule has 0 aliphatic carbocycles. The van der Waals surface area contributed by atoms with Crippen molar-refractivity contribution in [3.05, 3.63) is 58.8 Å². The summed E-state index contributed by atoms with van der Waals surface area (Å²) in [6.45, 7) is 4.80. The van der Waals surface area contributed by atoms with Gasteiger partial charge in [-0.2, -0.15) is 5.10 Å². The monoisotopic (exact) mass is 311 g/mol. The number of anilines is 1. The average molecular weight is 311 g/mol. The van der Waals surface area contributed by atoms with Gasteiger partial charge in [-0.15, -0.1) is 0 Å². The SMILES string of the molecule is CC(C)Cn1nccc1NC(=O)c1cnc2ccccn2c1=O. The summed E-state index contributed by atoms with van der Waals surface area (Å²) >= 11 is 0. The molecule has 0 saturated carbocycles. The number of rotatable bonds is 4. The zero-order chi connectivity index (χ0) is 16.4. The third-order valence-electron chi connectivity index (χ3n) is 3.35. The lowest BCUT2D eigenvalue weighted by Crippen LogP contribution is -2.27. The normalized spacial score (nSPS) is 11.1. The first-order chi connectivity index (χ1) is 11.1. The third-order valence-corrected chi connectivity index (χ3v) is 3.35. The number of aromatic nitrogens is 4. The van der Waals surface area contributed by atoms with Crippen LogP contribution in [0.1, 0.15) is 24.2 Å². The molecular formula is C16H17N5O2. The van der Waals surface area contributed by atoms with Crippen LogP contribution in [0.3, 0.4) is 0 Å². The molecule has 0 unspecified atom stereocenters. The van der Waals surface area contributed by atoms with Crippen molar-refractivity contribution >= 4 is 17.4 Å². The number of carbonyl (C=O) groups is 1. The number of carbonyl (C=O) groups excluding carboxylic acids is 1. The predicted molar refractivity (Wildman–Crippen MR) is 86.5 cm³/mol.